The molecule has 1 heterocycles. The molecule has 0 amide bonds. The van der Waals surface area contributed by atoms with Gasteiger partial charge in [0.15, 0.2) is 0 Å². The molecule has 82 valence electrons. The van der Waals surface area contributed by atoms with Crippen LogP contribution in [0.2, 0.25) is 0 Å². The summed E-state index contributed by atoms with van der Waals surface area (Å²) in [5, 5.41) is 0. The molecule has 0 unspecified atom stereocenters. The molecule has 15 heavy (non-hydrogen) atoms. The van der Waals surface area contributed by atoms with Gasteiger partial charge in [-0.2, -0.15) is 5.48 Å². The van der Waals surface area contributed by atoms with Gasteiger partial charge in [0.1, 0.15) is 5.75 Å². The molecule has 0 radical (unpaired) electrons. The Labute approximate surface area is 97.8 Å². The summed E-state index contributed by atoms with van der Waals surface area (Å²) in [4.78, 5) is 5.12. The van der Waals surface area contributed by atoms with Crippen molar-refractivity contribution in [2.45, 2.75) is 19.9 Å². The van der Waals surface area contributed by atoms with Gasteiger partial charge in [-0.05, 0) is 24.6 Å². The highest BCUT2D eigenvalue weighted by molar-refractivity contribution is 9.10. The lowest BCUT2D eigenvalue weighted by molar-refractivity contribution is 0.0459. The van der Waals surface area contributed by atoms with Crippen LogP contribution in [0.25, 0.3) is 0 Å². The van der Waals surface area contributed by atoms with Gasteiger partial charge >= 0.3 is 0 Å². The molecular weight excluding hydrogens is 258 g/mol. The molecule has 0 spiro atoms. The van der Waals surface area contributed by atoms with Crippen molar-refractivity contribution in [1.82, 2.24) is 5.48 Å². The van der Waals surface area contributed by atoms with Crippen LogP contribution in [0.5, 0.6) is 5.75 Å². The molecule has 1 N–H and O–H groups in total. The van der Waals surface area contributed by atoms with E-state index in [0.717, 1.165) is 28.8 Å². The normalized spacial score (nSPS) is 13.7. The Morgan fingerprint density at radius 1 is 1.53 bits per heavy atom. The number of fused-ring (bicyclic) bond motifs is 1. The highest BCUT2D eigenvalue weighted by Gasteiger charge is 2.16. The molecule has 2 rings (SSSR count). The number of hydroxylamine groups is 1. The third-order valence-electron chi connectivity index (χ3n) is 2.33. The first-order chi connectivity index (χ1) is 7.31. The molecule has 1 aromatic carbocycles. The average Bonchev–Trinajstić information content (AvgIpc) is 2.65. The lowest BCUT2D eigenvalue weighted by Crippen LogP contribution is -2.14. The van der Waals surface area contributed by atoms with Gasteiger partial charge in [-0.1, -0.05) is 15.9 Å². The van der Waals surface area contributed by atoms with Crippen molar-refractivity contribution >= 4 is 15.9 Å². The second-order valence-corrected chi connectivity index (χ2v) is 4.32. The first-order valence-corrected chi connectivity index (χ1v) is 5.89. The molecule has 0 aliphatic carbocycles. The number of ether oxygens (including phenoxy) is 1. The van der Waals surface area contributed by atoms with Crippen molar-refractivity contribution in [1.29, 1.82) is 0 Å². The maximum Gasteiger partial charge on any atom is 0.127 e. The van der Waals surface area contributed by atoms with Crippen molar-refractivity contribution in [2.24, 2.45) is 0 Å². The molecule has 1 aliphatic heterocycles. The standard InChI is InChI=1S/C11H14BrNO2/c1-2-15-13-7-9-6-10(12)5-8-3-4-14-11(8)9/h5-6,13H,2-4,7H2,1H3. The van der Waals surface area contributed by atoms with Crippen molar-refractivity contribution in [2.75, 3.05) is 13.2 Å². The van der Waals surface area contributed by atoms with Crippen LogP contribution in [0.1, 0.15) is 18.1 Å². The monoisotopic (exact) mass is 271 g/mol. The van der Waals surface area contributed by atoms with E-state index in [0.29, 0.717) is 13.2 Å². The molecular formula is C11H14BrNO2. The van der Waals surface area contributed by atoms with Gasteiger partial charge in [-0.15, -0.1) is 0 Å². The molecule has 1 aliphatic rings. The number of halogens is 1. The van der Waals surface area contributed by atoms with E-state index in [1.807, 2.05) is 6.92 Å². The van der Waals surface area contributed by atoms with Crippen LogP contribution in [-0.4, -0.2) is 13.2 Å². The molecule has 0 aromatic heterocycles. The van der Waals surface area contributed by atoms with E-state index in [1.165, 1.54) is 5.56 Å². The number of hydrogen-bond donors (Lipinski definition) is 1. The first-order valence-electron chi connectivity index (χ1n) is 5.10. The average molecular weight is 272 g/mol. The van der Waals surface area contributed by atoms with Gasteiger partial charge in [0.05, 0.1) is 13.2 Å². The molecule has 1 aromatic rings. The molecule has 0 fully saturated rings. The summed E-state index contributed by atoms with van der Waals surface area (Å²) in [6, 6.07) is 4.18. The minimum atomic E-state index is 0.664. The minimum Gasteiger partial charge on any atom is -0.493 e. The molecule has 0 bridgehead atoms. The van der Waals surface area contributed by atoms with Gasteiger partial charge in [0.25, 0.3) is 0 Å². The fourth-order valence-electron chi connectivity index (χ4n) is 1.71. The van der Waals surface area contributed by atoms with E-state index < -0.39 is 0 Å². The molecule has 0 atom stereocenters. The maximum absolute atomic E-state index is 5.60. The zero-order valence-electron chi connectivity index (χ0n) is 8.68. The third kappa shape index (κ3) is 2.51. The van der Waals surface area contributed by atoms with E-state index in [4.69, 9.17) is 9.57 Å². The van der Waals surface area contributed by atoms with Crippen LogP contribution in [0.4, 0.5) is 0 Å². The number of rotatable bonds is 4. The quantitative estimate of drug-likeness (QED) is 0.674. The van der Waals surface area contributed by atoms with Gasteiger partial charge in [0, 0.05) is 23.0 Å². The zero-order chi connectivity index (χ0) is 10.7. The fourth-order valence-corrected chi connectivity index (χ4v) is 2.26. The van der Waals surface area contributed by atoms with Crippen molar-refractivity contribution < 1.29 is 9.57 Å². The van der Waals surface area contributed by atoms with Crippen molar-refractivity contribution in [3.05, 3.63) is 27.7 Å². The summed E-state index contributed by atoms with van der Waals surface area (Å²) in [5.74, 6) is 1.02. The second kappa shape index (κ2) is 4.96. The zero-order valence-corrected chi connectivity index (χ0v) is 10.3. The van der Waals surface area contributed by atoms with Crippen LogP contribution in [0.15, 0.2) is 16.6 Å². The Balaban J connectivity index is 2.15. The van der Waals surface area contributed by atoms with E-state index >= 15 is 0 Å². The van der Waals surface area contributed by atoms with E-state index in [1.54, 1.807) is 0 Å². The number of nitrogens with one attached hydrogen (secondary N) is 1. The lowest BCUT2D eigenvalue weighted by Gasteiger charge is -2.09. The van der Waals surface area contributed by atoms with Crippen molar-refractivity contribution in [3.63, 3.8) is 0 Å². The summed E-state index contributed by atoms with van der Waals surface area (Å²) in [5.41, 5.74) is 5.33. The Morgan fingerprint density at radius 3 is 3.20 bits per heavy atom. The Kier molecular flexibility index (Phi) is 3.61. The fraction of sp³-hybridized carbons (Fsp3) is 0.455. The topological polar surface area (TPSA) is 30.5 Å². The lowest BCUT2D eigenvalue weighted by atomic mass is 10.1. The third-order valence-corrected chi connectivity index (χ3v) is 2.79. The smallest absolute Gasteiger partial charge is 0.127 e. The summed E-state index contributed by atoms with van der Waals surface area (Å²) in [6.07, 6.45) is 0.996. The summed E-state index contributed by atoms with van der Waals surface area (Å²) < 4.78 is 6.70. The van der Waals surface area contributed by atoms with Crippen LogP contribution in [0, 0.1) is 0 Å². The highest BCUT2D eigenvalue weighted by atomic mass is 79.9. The van der Waals surface area contributed by atoms with Gasteiger partial charge in [-0.3, -0.25) is 0 Å². The van der Waals surface area contributed by atoms with Crippen molar-refractivity contribution in [3.8, 4) is 5.75 Å². The predicted molar refractivity (Wildman–Crippen MR) is 61.8 cm³/mol. The second-order valence-electron chi connectivity index (χ2n) is 3.41. The van der Waals surface area contributed by atoms with Gasteiger partial charge in [0.2, 0.25) is 0 Å². The molecule has 3 nitrogen and oxygen atoms in total. The van der Waals surface area contributed by atoms with Gasteiger partial charge in [-0.25, -0.2) is 0 Å². The van der Waals surface area contributed by atoms with E-state index in [9.17, 15) is 0 Å². The summed E-state index contributed by atoms with van der Waals surface area (Å²) >= 11 is 3.50. The minimum absolute atomic E-state index is 0.664. The maximum atomic E-state index is 5.60. The van der Waals surface area contributed by atoms with Crippen LogP contribution < -0.4 is 10.2 Å². The number of hydrogen-bond acceptors (Lipinski definition) is 3. The van der Waals surface area contributed by atoms with E-state index in [2.05, 4.69) is 33.5 Å². The largest absolute Gasteiger partial charge is 0.493 e. The van der Waals surface area contributed by atoms with Gasteiger partial charge < -0.3 is 9.57 Å². The summed E-state index contributed by atoms with van der Waals surface area (Å²) in [6.45, 7) is 4.08. The van der Waals surface area contributed by atoms with E-state index in [-0.39, 0.29) is 0 Å². The molecule has 4 heteroatoms. The Hall–Kier alpha value is -0.580. The predicted octanol–water partition coefficient (Wildman–Crippen LogP) is 2.43. The molecule has 0 saturated heterocycles. The highest BCUT2D eigenvalue weighted by Crippen LogP contribution is 2.32. The van der Waals surface area contributed by atoms with Crippen LogP contribution >= 0.6 is 15.9 Å². The Morgan fingerprint density at radius 2 is 2.40 bits per heavy atom. The Bertz CT molecular complexity index is 355. The molecule has 0 saturated carbocycles. The summed E-state index contributed by atoms with van der Waals surface area (Å²) in [7, 11) is 0. The number of benzene rings is 1. The first kappa shape index (κ1) is 10.9. The van der Waals surface area contributed by atoms with Crippen LogP contribution in [0.3, 0.4) is 0 Å². The van der Waals surface area contributed by atoms with Crippen LogP contribution in [-0.2, 0) is 17.8 Å². The SMILES string of the molecule is CCONCc1cc(Br)cc2c1OCC2.